The molecule has 0 unspecified atom stereocenters. The molecule has 0 aromatic heterocycles. The Morgan fingerprint density at radius 1 is 1.50 bits per heavy atom. The molecule has 0 N–H and O–H groups in total. The van der Waals surface area contributed by atoms with Crippen LogP contribution in [-0.2, 0) is 4.74 Å². The molecule has 0 aromatic carbocycles. The molecule has 0 radical (unpaired) electrons. The maximum absolute atomic E-state index is 5.28. The zero-order valence-electron chi connectivity index (χ0n) is 7.11. The molecule has 0 aliphatic rings. The monoisotopic (exact) mass is 140 g/mol. The first kappa shape index (κ1) is 9.52. The van der Waals surface area contributed by atoms with Gasteiger partial charge in [0.1, 0.15) is 0 Å². The number of hydrogen-bond donors (Lipinski definition) is 0. The third kappa shape index (κ3) is 4.40. The van der Waals surface area contributed by atoms with Crippen molar-refractivity contribution in [2.24, 2.45) is 5.41 Å². The molecular formula is C9H16O. The highest BCUT2D eigenvalue weighted by atomic mass is 16.5. The Kier molecular flexibility index (Phi) is 4.14. The predicted molar refractivity (Wildman–Crippen MR) is 43.7 cm³/mol. The topological polar surface area (TPSA) is 9.23 Å². The van der Waals surface area contributed by atoms with Gasteiger partial charge in [-0.3, -0.25) is 0 Å². The van der Waals surface area contributed by atoms with E-state index in [0.717, 1.165) is 19.6 Å². The van der Waals surface area contributed by atoms with Gasteiger partial charge in [0, 0.05) is 18.6 Å². The fourth-order valence-corrected chi connectivity index (χ4v) is 0.544. The molecule has 0 aromatic rings. The van der Waals surface area contributed by atoms with Crippen molar-refractivity contribution >= 4 is 0 Å². The van der Waals surface area contributed by atoms with Crippen molar-refractivity contribution in [3.05, 3.63) is 0 Å². The number of rotatable bonds is 4. The van der Waals surface area contributed by atoms with Gasteiger partial charge < -0.3 is 4.74 Å². The molecular weight excluding hydrogens is 124 g/mol. The summed E-state index contributed by atoms with van der Waals surface area (Å²) in [6.07, 6.45) is 6.22. The molecule has 0 heterocycles. The Hall–Kier alpha value is -0.480. The van der Waals surface area contributed by atoms with Crippen LogP contribution in [0.25, 0.3) is 0 Å². The standard InChI is InChI=1S/C9H16O/c1-5-9(3,4)7-8-10-6-2/h1H,6-8H2,2-4H3. The molecule has 0 saturated carbocycles. The Morgan fingerprint density at radius 3 is 2.50 bits per heavy atom. The summed E-state index contributed by atoms with van der Waals surface area (Å²) in [7, 11) is 0. The molecule has 0 rings (SSSR count). The minimum atomic E-state index is -0.00479. The molecule has 0 fully saturated rings. The molecule has 0 aliphatic carbocycles. The smallest absolute Gasteiger partial charge is 0.0480 e. The third-order valence-electron chi connectivity index (χ3n) is 1.47. The van der Waals surface area contributed by atoms with E-state index in [1.165, 1.54) is 0 Å². The van der Waals surface area contributed by atoms with Gasteiger partial charge in [0.2, 0.25) is 0 Å². The van der Waals surface area contributed by atoms with Crippen LogP contribution >= 0.6 is 0 Å². The van der Waals surface area contributed by atoms with E-state index in [1.807, 2.05) is 20.8 Å². The number of terminal acetylenes is 1. The van der Waals surface area contributed by atoms with Gasteiger partial charge in [-0.15, -0.1) is 12.3 Å². The molecule has 1 heteroatoms. The lowest BCUT2D eigenvalue weighted by molar-refractivity contribution is 0.127. The molecule has 1 nitrogen and oxygen atoms in total. The molecule has 0 atom stereocenters. The van der Waals surface area contributed by atoms with Crippen LogP contribution in [0.5, 0.6) is 0 Å². The largest absolute Gasteiger partial charge is 0.382 e. The summed E-state index contributed by atoms with van der Waals surface area (Å²) in [5, 5.41) is 0. The van der Waals surface area contributed by atoms with Gasteiger partial charge in [0.25, 0.3) is 0 Å². The van der Waals surface area contributed by atoms with Crippen LogP contribution in [0.3, 0.4) is 0 Å². The van der Waals surface area contributed by atoms with E-state index in [2.05, 4.69) is 5.92 Å². The van der Waals surface area contributed by atoms with Gasteiger partial charge >= 0.3 is 0 Å². The molecule has 0 spiro atoms. The summed E-state index contributed by atoms with van der Waals surface area (Å²) < 4.78 is 5.18. The van der Waals surface area contributed by atoms with Gasteiger partial charge in [-0.1, -0.05) is 0 Å². The lowest BCUT2D eigenvalue weighted by Gasteiger charge is -2.16. The van der Waals surface area contributed by atoms with Crippen molar-refractivity contribution in [3.63, 3.8) is 0 Å². The summed E-state index contributed by atoms with van der Waals surface area (Å²) in [5.74, 6) is 2.72. The van der Waals surface area contributed by atoms with E-state index in [0.29, 0.717) is 0 Å². The summed E-state index contributed by atoms with van der Waals surface area (Å²) in [6.45, 7) is 7.63. The summed E-state index contributed by atoms with van der Waals surface area (Å²) in [4.78, 5) is 0. The summed E-state index contributed by atoms with van der Waals surface area (Å²) in [5.41, 5.74) is -0.00479. The lowest BCUT2D eigenvalue weighted by atomic mass is 9.91. The van der Waals surface area contributed by atoms with Crippen molar-refractivity contribution in [3.8, 4) is 12.3 Å². The molecule has 0 saturated heterocycles. The van der Waals surface area contributed by atoms with Crippen LogP contribution in [-0.4, -0.2) is 13.2 Å². The van der Waals surface area contributed by atoms with E-state index < -0.39 is 0 Å². The molecule has 58 valence electrons. The fourth-order valence-electron chi connectivity index (χ4n) is 0.544. The van der Waals surface area contributed by atoms with Gasteiger partial charge in [0.05, 0.1) is 0 Å². The Bertz CT molecular complexity index is 119. The van der Waals surface area contributed by atoms with Crippen LogP contribution in [0.4, 0.5) is 0 Å². The second-order valence-electron chi connectivity index (χ2n) is 2.98. The van der Waals surface area contributed by atoms with Crippen molar-refractivity contribution in [1.82, 2.24) is 0 Å². The molecule has 10 heavy (non-hydrogen) atoms. The van der Waals surface area contributed by atoms with E-state index in [-0.39, 0.29) is 5.41 Å². The highest BCUT2D eigenvalue weighted by molar-refractivity contribution is 4.99. The third-order valence-corrected chi connectivity index (χ3v) is 1.47. The highest BCUT2D eigenvalue weighted by Crippen LogP contribution is 2.17. The molecule has 0 aliphatic heterocycles. The maximum Gasteiger partial charge on any atom is 0.0480 e. The van der Waals surface area contributed by atoms with Gasteiger partial charge in [0.15, 0.2) is 0 Å². The van der Waals surface area contributed by atoms with Crippen molar-refractivity contribution in [1.29, 1.82) is 0 Å². The van der Waals surface area contributed by atoms with E-state index in [9.17, 15) is 0 Å². The second kappa shape index (κ2) is 4.35. The van der Waals surface area contributed by atoms with Gasteiger partial charge in [-0.25, -0.2) is 0 Å². The second-order valence-corrected chi connectivity index (χ2v) is 2.98. The Labute approximate surface area is 63.8 Å². The van der Waals surface area contributed by atoms with Crippen LogP contribution in [0.2, 0.25) is 0 Å². The Balaban J connectivity index is 3.40. The molecule has 0 amide bonds. The van der Waals surface area contributed by atoms with E-state index in [4.69, 9.17) is 11.2 Å². The number of ether oxygens (including phenoxy) is 1. The first-order valence-electron chi connectivity index (χ1n) is 3.68. The minimum Gasteiger partial charge on any atom is -0.382 e. The molecule has 0 bridgehead atoms. The first-order valence-corrected chi connectivity index (χ1v) is 3.68. The van der Waals surface area contributed by atoms with Gasteiger partial charge in [-0.2, -0.15) is 0 Å². The zero-order chi connectivity index (χ0) is 8.04. The highest BCUT2D eigenvalue weighted by Gasteiger charge is 2.12. The van der Waals surface area contributed by atoms with E-state index >= 15 is 0 Å². The van der Waals surface area contributed by atoms with Crippen LogP contribution < -0.4 is 0 Å². The summed E-state index contributed by atoms with van der Waals surface area (Å²) in [6, 6.07) is 0. The normalized spacial score (nSPS) is 11.0. The van der Waals surface area contributed by atoms with Crippen molar-refractivity contribution in [2.45, 2.75) is 27.2 Å². The van der Waals surface area contributed by atoms with E-state index in [1.54, 1.807) is 0 Å². The SMILES string of the molecule is C#CC(C)(C)CCOCC. The van der Waals surface area contributed by atoms with Gasteiger partial charge in [-0.05, 0) is 27.2 Å². The van der Waals surface area contributed by atoms with Crippen molar-refractivity contribution in [2.75, 3.05) is 13.2 Å². The fraction of sp³-hybridized carbons (Fsp3) is 0.778. The van der Waals surface area contributed by atoms with Crippen molar-refractivity contribution < 1.29 is 4.74 Å². The maximum atomic E-state index is 5.28. The van der Waals surface area contributed by atoms with Crippen LogP contribution in [0, 0.1) is 17.8 Å². The van der Waals surface area contributed by atoms with Crippen LogP contribution in [0.1, 0.15) is 27.2 Å². The number of hydrogen-bond acceptors (Lipinski definition) is 1. The Morgan fingerprint density at radius 2 is 2.10 bits per heavy atom. The minimum absolute atomic E-state index is 0.00479. The predicted octanol–water partition coefficient (Wildman–Crippen LogP) is 2.07. The zero-order valence-corrected chi connectivity index (χ0v) is 7.11. The quantitative estimate of drug-likeness (QED) is 0.429. The first-order chi connectivity index (χ1) is 4.62. The average Bonchev–Trinajstić information content (AvgIpc) is 1.89. The average molecular weight is 140 g/mol. The summed E-state index contributed by atoms with van der Waals surface area (Å²) >= 11 is 0. The lowest BCUT2D eigenvalue weighted by Crippen LogP contribution is -2.11. The van der Waals surface area contributed by atoms with Crippen LogP contribution in [0.15, 0.2) is 0 Å².